The predicted molar refractivity (Wildman–Crippen MR) is 117 cm³/mol. The monoisotopic (exact) mass is 416 g/mol. The third-order valence-electron chi connectivity index (χ3n) is 6.32. The molecule has 5 heterocycles. The van der Waals surface area contributed by atoms with E-state index in [0.29, 0.717) is 16.8 Å². The Morgan fingerprint density at radius 3 is 2.34 bits per heavy atom. The number of piperazine rings is 1. The van der Waals surface area contributed by atoms with Gasteiger partial charge in [-0.3, -0.25) is 0 Å². The first-order valence-corrected chi connectivity index (χ1v) is 11.3. The molecule has 29 heavy (non-hydrogen) atoms. The SMILES string of the molecule is CC1CCCCN1c1nc2nc(N3CCNCC3)nc(N3CCCC3)c2nc1Cl. The first-order valence-electron chi connectivity index (χ1n) is 10.9. The van der Waals surface area contributed by atoms with Crippen molar-refractivity contribution in [1.29, 1.82) is 0 Å². The Hall–Kier alpha value is -1.93. The van der Waals surface area contributed by atoms with E-state index in [1.807, 2.05) is 0 Å². The summed E-state index contributed by atoms with van der Waals surface area (Å²) < 4.78 is 0. The molecule has 9 heteroatoms. The van der Waals surface area contributed by atoms with Crippen LogP contribution in [-0.4, -0.2) is 71.8 Å². The number of piperidine rings is 1. The number of hydrogen-bond acceptors (Lipinski definition) is 8. The second-order valence-electron chi connectivity index (χ2n) is 8.33. The third-order valence-corrected chi connectivity index (χ3v) is 6.58. The number of rotatable bonds is 3. The van der Waals surface area contributed by atoms with Crippen LogP contribution in [0.15, 0.2) is 0 Å². The van der Waals surface area contributed by atoms with Crippen molar-refractivity contribution < 1.29 is 0 Å². The first-order chi connectivity index (χ1) is 14.2. The van der Waals surface area contributed by atoms with Gasteiger partial charge >= 0.3 is 0 Å². The van der Waals surface area contributed by atoms with Gasteiger partial charge in [-0.05, 0) is 39.0 Å². The van der Waals surface area contributed by atoms with Gasteiger partial charge < -0.3 is 20.0 Å². The molecule has 3 fully saturated rings. The van der Waals surface area contributed by atoms with Crippen LogP contribution in [0.2, 0.25) is 5.15 Å². The number of fused-ring (bicyclic) bond motifs is 1. The van der Waals surface area contributed by atoms with Crippen molar-refractivity contribution in [3.63, 3.8) is 0 Å². The standard InChI is InChI=1S/C20H29ClN8/c1-14-6-2-3-11-29(14)19-16(21)23-15-17(24-19)25-20(28-12-7-22-8-13-28)26-18(15)27-9-4-5-10-27/h14,22H,2-13H2,1H3. The third kappa shape index (κ3) is 3.68. The zero-order valence-corrected chi connectivity index (χ0v) is 17.8. The molecule has 156 valence electrons. The van der Waals surface area contributed by atoms with Crippen LogP contribution in [0.25, 0.3) is 11.2 Å². The molecule has 2 aromatic heterocycles. The summed E-state index contributed by atoms with van der Waals surface area (Å²) in [5.74, 6) is 2.41. The lowest BCUT2D eigenvalue weighted by Crippen LogP contribution is -2.44. The minimum absolute atomic E-state index is 0.417. The van der Waals surface area contributed by atoms with Gasteiger partial charge in [0.1, 0.15) is 0 Å². The molecule has 0 spiro atoms. The lowest BCUT2D eigenvalue weighted by Gasteiger charge is -2.34. The number of halogens is 1. The largest absolute Gasteiger partial charge is 0.355 e. The van der Waals surface area contributed by atoms with Crippen LogP contribution in [0, 0.1) is 0 Å². The number of nitrogens with zero attached hydrogens (tertiary/aromatic N) is 7. The number of nitrogens with one attached hydrogen (secondary N) is 1. The summed E-state index contributed by atoms with van der Waals surface area (Å²) in [6.45, 7) is 8.91. The van der Waals surface area contributed by atoms with E-state index in [9.17, 15) is 0 Å². The molecule has 3 aliphatic heterocycles. The summed E-state index contributed by atoms with van der Waals surface area (Å²) in [6, 6.07) is 0.417. The Bertz CT molecular complexity index is 878. The Labute approximate surface area is 176 Å². The fourth-order valence-corrected chi connectivity index (χ4v) is 4.88. The van der Waals surface area contributed by atoms with Crippen LogP contribution in [0.3, 0.4) is 0 Å². The number of anilines is 3. The van der Waals surface area contributed by atoms with Crippen LogP contribution in [0.5, 0.6) is 0 Å². The second kappa shape index (κ2) is 8.07. The van der Waals surface area contributed by atoms with Gasteiger partial charge in [0.25, 0.3) is 0 Å². The molecule has 8 nitrogen and oxygen atoms in total. The summed E-state index contributed by atoms with van der Waals surface area (Å²) in [6.07, 6.45) is 5.93. The summed E-state index contributed by atoms with van der Waals surface area (Å²) in [4.78, 5) is 26.4. The maximum absolute atomic E-state index is 6.66. The average molecular weight is 417 g/mol. The molecule has 3 saturated heterocycles. The van der Waals surface area contributed by atoms with E-state index in [0.717, 1.165) is 81.8 Å². The van der Waals surface area contributed by atoms with Crippen molar-refractivity contribution in [3.05, 3.63) is 5.15 Å². The van der Waals surface area contributed by atoms with Crippen molar-refractivity contribution in [2.24, 2.45) is 0 Å². The summed E-state index contributed by atoms with van der Waals surface area (Å²) >= 11 is 6.66. The second-order valence-corrected chi connectivity index (χ2v) is 8.68. The highest BCUT2D eigenvalue weighted by molar-refractivity contribution is 6.32. The van der Waals surface area contributed by atoms with Gasteiger partial charge in [-0.15, -0.1) is 0 Å². The van der Waals surface area contributed by atoms with Crippen LogP contribution < -0.4 is 20.0 Å². The van der Waals surface area contributed by atoms with Gasteiger partial charge in [0.2, 0.25) is 5.95 Å². The van der Waals surface area contributed by atoms with Gasteiger partial charge in [0.15, 0.2) is 28.0 Å². The van der Waals surface area contributed by atoms with E-state index in [2.05, 4.69) is 26.9 Å². The maximum atomic E-state index is 6.66. The van der Waals surface area contributed by atoms with Crippen molar-refractivity contribution in [3.8, 4) is 0 Å². The van der Waals surface area contributed by atoms with E-state index in [1.54, 1.807) is 0 Å². The molecule has 1 unspecified atom stereocenters. The molecule has 0 saturated carbocycles. The molecular formula is C20H29ClN8. The highest BCUT2D eigenvalue weighted by atomic mass is 35.5. The molecule has 0 aliphatic carbocycles. The van der Waals surface area contributed by atoms with Gasteiger partial charge in [0, 0.05) is 51.9 Å². The Balaban J connectivity index is 1.62. The smallest absolute Gasteiger partial charge is 0.229 e. The Kier molecular flexibility index (Phi) is 5.30. The minimum atomic E-state index is 0.417. The predicted octanol–water partition coefficient (Wildman–Crippen LogP) is 2.46. The van der Waals surface area contributed by atoms with Crippen LogP contribution in [0.1, 0.15) is 39.0 Å². The van der Waals surface area contributed by atoms with Gasteiger partial charge in [-0.1, -0.05) is 11.6 Å². The van der Waals surface area contributed by atoms with Gasteiger partial charge in [0.05, 0.1) is 0 Å². The van der Waals surface area contributed by atoms with Gasteiger partial charge in [-0.25, -0.2) is 9.97 Å². The molecule has 1 N–H and O–H groups in total. The van der Waals surface area contributed by atoms with Crippen molar-refractivity contribution in [2.75, 3.05) is 60.5 Å². The number of hydrogen-bond donors (Lipinski definition) is 1. The molecule has 0 aromatic carbocycles. The van der Waals surface area contributed by atoms with Crippen molar-refractivity contribution in [2.45, 2.75) is 45.1 Å². The summed E-state index contributed by atoms with van der Waals surface area (Å²) in [5, 5.41) is 3.86. The van der Waals surface area contributed by atoms with Gasteiger partial charge in [-0.2, -0.15) is 9.97 Å². The number of aromatic nitrogens is 4. The lowest BCUT2D eigenvalue weighted by atomic mass is 10.0. The average Bonchev–Trinajstić information content (AvgIpc) is 3.29. The fraction of sp³-hybridized carbons (Fsp3) is 0.700. The van der Waals surface area contributed by atoms with E-state index in [4.69, 9.17) is 31.5 Å². The molecule has 2 aromatic rings. The zero-order valence-electron chi connectivity index (χ0n) is 17.1. The lowest BCUT2D eigenvalue weighted by molar-refractivity contribution is 0.481. The highest BCUT2D eigenvalue weighted by Gasteiger charge is 2.27. The highest BCUT2D eigenvalue weighted by Crippen LogP contribution is 2.33. The molecule has 0 amide bonds. The molecule has 0 bridgehead atoms. The fourth-order valence-electron chi connectivity index (χ4n) is 4.64. The molecule has 3 aliphatic rings. The quantitative estimate of drug-likeness (QED) is 0.817. The molecular weight excluding hydrogens is 388 g/mol. The van der Waals surface area contributed by atoms with E-state index < -0.39 is 0 Å². The van der Waals surface area contributed by atoms with E-state index in [-0.39, 0.29) is 0 Å². The maximum Gasteiger partial charge on any atom is 0.229 e. The minimum Gasteiger partial charge on any atom is -0.355 e. The molecule has 5 rings (SSSR count). The van der Waals surface area contributed by atoms with Crippen molar-refractivity contribution in [1.82, 2.24) is 25.3 Å². The van der Waals surface area contributed by atoms with Crippen LogP contribution in [-0.2, 0) is 0 Å². The Morgan fingerprint density at radius 1 is 0.828 bits per heavy atom. The van der Waals surface area contributed by atoms with Crippen LogP contribution >= 0.6 is 11.6 Å². The molecule has 1 atom stereocenters. The Morgan fingerprint density at radius 2 is 1.59 bits per heavy atom. The first kappa shape index (κ1) is 19.1. The normalized spacial score (nSPS) is 23.2. The molecule has 0 radical (unpaired) electrons. The van der Waals surface area contributed by atoms with E-state index >= 15 is 0 Å². The zero-order chi connectivity index (χ0) is 19.8. The summed E-state index contributed by atoms with van der Waals surface area (Å²) in [5.41, 5.74) is 1.39. The topological polar surface area (TPSA) is 73.3 Å². The van der Waals surface area contributed by atoms with Crippen LogP contribution in [0.4, 0.5) is 17.6 Å². The van der Waals surface area contributed by atoms with E-state index in [1.165, 1.54) is 19.3 Å². The van der Waals surface area contributed by atoms with Crippen molar-refractivity contribution >= 4 is 40.3 Å². The summed E-state index contributed by atoms with van der Waals surface area (Å²) in [7, 11) is 0.